The Labute approximate surface area is 177 Å². The Balaban J connectivity index is 1.67. The maximum absolute atomic E-state index is 6.30. The number of ether oxygens (including phenoxy) is 2. The van der Waals surface area contributed by atoms with Gasteiger partial charge >= 0.3 is 0 Å². The standard InChI is InChI=1S/C22H30N6O2/c1-28(14-22(7-10-24-11-8-22)19-6-4-5-9-25-19)21-26-16-13-18(30-3)17(29-2)12-15(16)20(23)27-21/h4-5,12-13,24H,6-11,14H2,1-3H3,(H2,23,26,27). The van der Waals surface area contributed by atoms with E-state index in [1.807, 2.05) is 19.2 Å². The molecule has 0 aliphatic carbocycles. The molecule has 0 unspecified atom stereocenters. The molecular weight excluding hydrogens is 380 g/mol. The van der Waals surface area contributed by atoms with Crippen molar-refractivity contribution in [3.8, 4) is 11.5 Å². The highest BCUT2D eigenvalue weighted by Crippen LogP contribution is 2.37. The van der Waals surface area contributed by atoms with E-state index in [-0.39, 0.29) is 5.41 Å². The summed E-state index contributed by atoms with van der Waals surface area (Å²) in [5.74, 6) is 2.27. The maximum Gasteiger partial charge on any atom is 0.227 e. The number of hydrogen-bond donors (Lipinski definition) is 2. The van der Waals surface area contributed by atoms with Gasteiger partial charge in [-0.2, -0.15) is 4.98 Å². The predicted octanol–water partition coefficient (Wildman–Crippen LogP) is 2.44. The summed E-state index contributed by atoms with van der Waals surface area (Å²) in [5.41, 5.74) is 8.35. The highest BCUT2D eigenvalue weighted by molar-refractivity contribution is 5.93. The highest BCUT2D eigenvalue weighted by atomic mass is 16.5. The first-order valence-corrected chi connectivity index (χ1v) is 10.4. The molecular formula is C22H30N6O2. The van der Waals surface area contributed by atoms with E-state index in [0.717, 1.165) is 56.3 Å². The lowest BCUT2D eigenvalue weighted by Crippen LogP contribution is -2.49. The molecule has 4 rings (SSSR count). The lowest BCUT2D eigenvalue weighted by Gasteiger charge is -2.41. The van der Waals surface area contributed by atoms with Crippen LogP contribution in [-0.4, -0.2) is 63.1 Å². The number of benzene rings is 1. The molecule has 0 saturated carbocycles. The number of rotatable bonds is 6. The topological polar surface area (TPSA) is 97.9 Å². The molecule has 2 aliphatic heterocycles. The van der Waals surface area contributed by atoms with Crippen LogP contribution in [-0.2, 0) is 0 Å². The van der Waals surface area contributed by atoms with Crippen molar-refractivity contribution in [1.82, 2.24) is 15.3 Å². The number of allylic oxidation sites excluding steroid dienone is 1. The molecule has 1 fully saturated rings. The minimum absolute atomic E-state index is 0.0233. The lowest BCUT2D eigenvalue weighted by molar-refractivity contribution is 0.299. The van der Waals surface area contributed by atoms with E-state index >= 15 is 0 Å². The van der Waals surface area contributed by atoms with Gasteiger partial charge in [0.15, 0.2) is 11.5 Å². The molecule has 0 bridgehead atoms. The van der Waals surface area contributed by atoms with Crippen molar-refractivity contribution >= 4 is 28.4 Å². The molecule has 30 heavy (non-hydrogen) atoms. The van der Waals surface area contributed by atoms with Gasteiger partial charge in [0, 0.05) is 42.6 Å². The quantitative estimate of drug-likeness (QED) is 0.706. The fourth-order valence-electron chi connectivity index (χ4n) is 4.49. The average molecular weight is 411 g/mol. The number of hydrogen-bond acceptors (Lipinski definition) is 8. The van der Waals surface area contributed by atoms with Crippen molar-refractivity contribution in [3.63, 3.8) is 0 Å². The third kappa shape index (κ3) is 3.79. The molecule has 3 N–H and O–H groups in total. The van der Waals surface area contributed by atoms with Gasteiger partial charge in [-0.15, -0.1) is 0 Å². The van der Waals surface area contributed by atoms with Crippen LogP contribution in [0.25, 0.3) is 10.9 Å². The number of nitrogen functional groups attached to an aromatic ring is 1. The van der Waals surface area contributed by atoms with Gasteiger partial charge in [0.1, 0.15) is 5.82 Å². The van der Waals surface area contributed by atoms with Crippen LogP contribution < -0.4 is 25.4 Å². The largest absolute Gasteiger partial charge is 0.493 e. The Hall–Kier alpha value is -2.87. The zero-order chi connectivity index (χ0) is 21.1. The predicted molar refractivity (Wildman–Crippen MR) is 121 cm³/mol. The zero-order valence-electron chi connectivity index (χ0n) is 17.9. The summed E-state index contributed by atoms with van der Waals surface area (Å²) in [6, 6.07) is 3.67. The van der Waals surface area contributed by atoms with Crippen LogP contribution in [0.15, 0.2) is 29.3 Å². The van der Waals surface area contributed by atoms with Crippen LogP contribution in [0, 0.1) is 5.41 Å². The van der Waals surface area contributed by atoms with Gasteiger partial charge in [0.2, 0.25) is 5.95 Å². The second-order valence-electron chi connectivity index (χ2n) is 7.98. The number of nitrogens with zero attached hydrogens (tertiary/aromatic N) is 4. The molecule has 3 heterocycles. The fourth-order valence-corrected chi connectivity index (χ4v) is 4.49. The SMILES string of the molecule is COc1cc2nc(N(C)CC3(C4=NCC=CC4)CCNCC3)nc(N)c2cc1OC. The Bertz CT molecular complexity index is 981. The van der Waals surface area contributed by atoms with Crippen molar-refractivity contribution < 1.29 is 9.47 Å². The summed E-state index contributed by atoms with van der Waals surface area (Å²) in [5, 5.41) is 4.23. The second-order valence-corrected chi connectivity index (χ2v) is 7.98. The van der Waals surface area contributed by atoms with E-state index in [9.17, 15) is 0 Å². The van der Waals surface area contributed by atoms with Gasteiger partial charge in [-0.25, -0.2) is 4.98 Å². The third-order valence-corrected chi connectivity index (χ3v) is 6.14. The number of piperidine rings is 1. The molecule has 0 atom stereocenters. The monoisotopic (exact) mass is 410 g/mol. The minimum Gasteiger partial charge on any atom is -0.493 e. The number of methoxy groups -OCH3 is 2. The van der Waals surface area contributed by atoms with E-state index in [1.54, 1.807) is 14.2 Å². The molecule has 0 amide bonds. The normalized spacial score (nSPS) is 18.2. The van der Waals surface area contributed by atoms with Gasteiger partial charge < -0.3 is 25.4 Å². The van der Waals surface area contributed by atoms with E-state index in [0.29, 0.717) is 23.3 Å². The molecule has 2 aliphatic rings. The van der Waals surface area contributed by atoms with Crippen LogP contribution in [0.4, 0.5) is 11.8 Å². The number of anilines is 2. The number of dihydropyridines is 1. The van der Waals surface area contributed by atoms with Gasteiger partial charge in [-0.1, -0.05) is 12.2 Å². The van der Waals surface area contributed by atoms with Crippen molar-refractivity contribution in [1.29, 1.82) is 0 Å². The smallest absolute Gasteiger partial charge is 0.227 e. The third-order valence-electron chi connectivity index (χ3n) is 6.14. The van der Waals surface area contributed by atoms with E-state index < -0.39 is 0 Å². The number of fused-ring (bicyclic) bond motifs is 1. The van der Waals surface area contributed by atoms with E-state index in [4.69, 9.17) is 25.2 Å². The van der Waals surface area contributed by atoms with Gasteiger partial charge in [-0.3, -0.25) is 4.99 Å². The van der Waals surface area contributed by atoms with Gasteiger partial charge in [0.05, 0.1) is 26.3 Å². The fraction of sp³-hybridized carbons (Fsp3) is 0.500. The van der Waals surface area contributed by atoms with Crippen molar-refractivity contribution in [2.24, 2.45) is 10.4 Å². The van der Waals surface area contributed by atoms with Crippen LogP contribution in [0.5, 0.6) is 11.5 Å². The first-order valence-electron chi connectivity index (χ1n) is 10.4. The Morgan fingerprint density at radius 1 is 1.10 bits per heavy atom. The summed E-state index contributed by atoms with van der Waals surface area (Å²) in [7, 11) is 5.25. The van der Waals surface area contributed by atoms with Crippen LogP contribution >= 0.6 is 0 Å². The zero-order valence-corrected chi connectivity index (χ0v) is 17.9. The molecule has 1 saturated heterocycles. The molecule has 8 heteroatoms. The summed E-state index contributed by atoms with van der Waals surface area (Å²) in [6.45, 7) is 3.57. The summed E-state index contributed by atoms with van der Waals surface area (Å²) in [4.78, 5) is 16.4. The minimum atomic E-state index is 0.0233. The van der Waals surface area contributed by atoms with Gasteiger partial charge in [0.25, 0.3) is 0 Å². The van der Waals surface area contributed by atoms with Crippen LogP contribution in [0.3, 0.4) is 0 Å². The number of aliphatic imine (C=N–C) groups is 1. The Morgan fingerprint density at radius 2 is 1.83 bits per heavy atom. The number of nitrogens with one attached hydrogen (secondary N) is 1. The second kappa shape index (κ2) is 8.47. The molecule has 1 aromatic carbocycles. The molecule has 160 valence electrons. The molecule has 0 spiro atoms. The summed E-state index contributed by atoms with van der Waals surface area (Å²) in [6.07, 6.45) is 7.40. The first-order chi connectivity index (χ1) is 14.6. The lowest BCUT2D eigenvalue weighted by atomic mass is 9.72. The first kappa shape index (κ1) is 20.4. The summed E-state index contributed by atoms with van der Waals surface area (Å²) < 4.78 is 10.8. The van der Waals surface area contributed by atoms with Crippen LogP contribution in [0.2, 0.25) is 0 Å². The summed E-state index contributed by atoms with van der Waals surface area (Å²) >= 11 is 0. The Kier molecular flexibility index (Phi) is 5.76. The number of nitrogens with two attached hydrogens (primary N) is 1. The maximum atomic E-state index is 6.30. The van der Waals surface area contributed by atoms with Crippen molar-refractivity contribution in [3.05, 3.63) is 24.3 Å². The van der Waals surface area contributed by atoms with Crippen molar-refractivity contribution in [2.45, 2.75) is 19.3 Å². The van der Waals surface area contributed by atoms with Gasteiger partial charge in [-0.05, 0) is 32.0 Å². The Morgan fingerprint density at radius 3 is 2.50 bits per heavy atom. The van der Waals surface area contributed by atoms with Crippen LogP contribution in [0.1, 0.15) is 19.3 Å². The molecule has 8 nitrogen and oxygen atoms in total. The van der Waals surface area contributed by atoms with E-state index in [1.165, 1.54) is 5.71 Å². The molecule has 1 aromatic heterocycles. The highest BCUT2D eigenvalue weighted by Gasteiger charge is 2.38. The van der Waals surface area contributed by atoms with E-state index in [2.05, 4.69) is 27.4 Å². The number of aromatic nitrogens is 2. The van der Waals surface area contributed by atoms with Crippen molar-refractivity contribution in [2.75, 3.05) is 58.1 Å². The molecule has 2 aromatic rings. The molecule has 0 radical (unpaired) electrons. The average Bonchev–Trinajstić information content (AvgIpc) is 2.79.